The second-order valence-corrected chi connectivity index (χ2v) is 4.27. The number of hydrogen-bond donors (Lipinski definition) is 1. The molecule has 0 bridgehead atoms. The Balaban J connectivity index is 2.41. The van der Waals surface area contributed by atoms with E-state index in [1.54, 1.807) is 13.2 Å². The van der Waals surface area contributed by atoms with Crippen molar-refractivity contribution in [3.05, 3.63) is 34.9 Å². The van der Waals surface area contributed by atoms with Crippen molar-refractivity contribution in [2.24, 2.45) is 0 Å². The van der Waals surface area contributed by atoms with Gasteiger partial charge in [0.05, 0.1) is 20.6 Å². The largest absolute Gasteiger partial charge is 0.497 e. The van der Waals surface area contributed by atoms with Crippen molar-refractivity contribution in [2.75, 3.05) is 14.2 Å². The monoisotopic (exact) mass is 248 g/mol. The molecule has 0 aliphatic heterocycles. The molecule has 0 amide bonds. The first-order chi connectivity index (χ1) is 8.58. The summed E-state index contributed by atoms with van der Waals surface area (Å²) >= 11 is 0. The number of carbonyl (C=O) groups excluding carboxylic acids is 1. The lowest BCUT2D eigenvalue weighted by Crippen LogP contribution is -2.01. The van der Waals surface area contributed by atoms with E-state index in [1.807, 2.05) is 19.1 Å². The highest BCUT2D eigenvalue weighted by atomic mass is 16.5. The molecule has 1 unspecified atom stereocenters. The maximum atomic E-state index is 11.4. The van der Waals surface area contributed by atoms with Crippen LogP contribution in [-0.4, -0.2) is 25.3 Å². The Morgan fingerprint density at radius 1 is 1.39 bits per heavy atom. The number of carbonyl (C=O) groups is 1. The number of esters is 1. The van der Waals surface area contributed by atoms with Gasteiger partial charge in [-0.05, 0) is 41.3 Å². The first-order valence-electron chi connectivity index (χ1n) is 5.71. The normalized spacial score (nSPS) is 17.7. The maximum Gasteiger partial charge on any atom is 0.309 e. The Morgan fingerprint density at radius 3 is 2.72 bits per heavy atom. The van der Waals surface area contributed by atoms with Crippen LogP contribution in [-0.2, 0) is 9.53 Å². The molecule has 4 heteroatoms. The van der Waals surface area contributed by atoms with Crippen molar-refractivity contribution in [3.8, 4) is 5.75 Å². The van der Waals surface area contributed by atoms with Gasteiger partial charge in [-0.2, -0.15) is 0 Å². The summed E-state index contributed by atoms with van der Waals surface area (Å²) in [4.78, 5) is 11.4. The highest BCUT2D eigenvalue weighted by Gasteiger charge is 2.28. The number of aliphatic hydroxyl groups is 1. The summed E-state index contributed by atoms with van der Waals surface area (Å²) in [7, 11) is 2.94. The quantitative estimate of drug-likeness (QED) is 0.832. The zero-order valence-corrected chi connectivity index (χ0v) is 10.7. The number of benzene rings is 1. The van der Waals surface area contributed by atoms with Crippen LogP contribution in [0.1, 0.15) is 30.6 Å². The highest BCUT2D eigenvalue weighted by Crippen LogP contribution is 2.43. The highest BCUT2D eigenvalue weighted by molar-refractivity contribution is 5.90. The second-order valence-electron chi connectivity index (χ2n) is 4.27. The van der Waals surface area contributed by atoms with Crippen LogP contribution in [0.25, 0.3) is 5.57 Å². The topological polar surface area (TPSA) is 55.8 Å². The summed E-state index contributed by atoms with van der Waals surface area (Å²) in [6.07, 6.45) is -0.492. The molecule has 0 saturated heterocycles. The van der Waals surface area contributed by atoms with E-state index in [2.05, 4.69) is 4.74 Å². The molecule has 18 heavy (non-hydrogen) atoms. The second kappa shape index (κ2) is 4.82. The van der Waals surface area contributed by atoms with Crippen LogP contribution in [0.5, 0.6) is 5.75 Å². The molecule has 1 aliphatic rings. The molecule has 0 heterocycles. The molecule has 96 valence electrons. The van der Waals surface area contributed by atoms with E-state index in [0.717, 1.165) is 22.3 Å². The van der Waals surface area contributed by atoms with Crippen LogP contribution < -0.4 is 4.74 Å². The van der Waals surface area contributed by atoms with Crippen molar-refractivity contribution >= 4 is 11.5 Å². The van der Waals surface area contributed by atoms with Gasteiger partial charge in [0.2, 0.25) is 0 Å². The summed E-state index contributed by atoms with van der Waals surface area (Å²) in [5.74, 6) is 0.389. The van der Waals surface area contributed by atoms with Crippen molar-refractivity contribution in [1.29, 1.82) is 0 Å². The molecule has 0 fully saturated rings. The van der Waals surface area contributed by atoms with Gasteiger partial charge in [0.15, 0.2) is 0 Å². The van der Waals surface area contributed by atoms with Crippen LogP contribution in [0.15, 0.2) is 23.8 Å². The van der Waals surface area contributed by atoms with Gasteiger partial charge >= 0.3 is 5.97 Å². The fourth-order valence-corrected chi connectivity index (χ4v) is 2.23. The van der Waals surface area contributed by atoms with E-state index in [9.17, 15) is 9.90 Å². The lowest BCUT2D eigenvalue weighted by molar-refractivity contribution is -0.139. The maximum absolute atomic E-state index is 11.4. The SMILES string of the molecule is COC(=O)CC1=C(C)C(O)c2cc(OC)ccc21. The number of hydrogen-bond acceptors (Lipinski definition) is 4. The van der Waals surface area contributed by atoms with Crippen LogP contribution in [0.4, 0.5) is 0 Å². The van der Waals surface area contributed by atoms with Gasteiger partial charge in [-0.1, -0.05) is 6.07 Å². The summed E-state index contributed by atoms with van der Waals surface area (Å²) in [5.41, 5.74) is 3.31. The smallest absolute Gasteiger partial charge is 0.309 e. The Bertz CT molecular complexity index is 517. The van der Waals surface area contributed by atoms with Gasteiger partial charge in [0.25, 0.3) is 0 Å². The van der Waals surface area contributed by atoms with Crippen molar-refractivity contribution in [2.45, 2.75) is 19.4 Å². The third-order valence-electron chi connectivity index (χ3n) is 3.31. The number of rotatable bonds is 3. The average molecular weight is 248 g/mol. The molecule has 0 radical (unpaired) electrons. The number of fused-ring (bicyclic) bond motifs is 1. The molecule has 2 rings (SSSR count). The minimum Gasteiger partial charge on any atom is -0.497 e. The van der Waals surface area contributed by atoms with Gasteiger partial charge < -0.3 is 14.6 Å². The predicted octanol–water partition coefficient (Wildman–Crippen LogP) is 2.08. The zero-order valence-electron chi connectivity index (χ0n) is 10.7. The summed E-state index contributed by atoms with van der Waals surface area (Å²) in [6.45, 7) is 1.83. The van der Waals surface area contributed by atoms with Crippen molar-refractivity contribution in [3.63, 3.8) is 0 Å². The molecule has 0 spiro atoms. The van der Waals surface area contributed by atoms with E-state index in [-0.39, 0.29) is 12.4 Å². The number of methoxy groups -OCH3 is 2. The van der Waals surface area contributed by atoms with Crippen molar-refractivity contribution in [1.82, 2.24) is 0 Å². The Labute approximate surface area is 106 Å². The lowest BCUT2D eigenvalue weighted by Gasteiger charge is -2.08. The summed E-state index contributed by atoms with van der Waals surface area (Å²) in [6, 6.07) is 5.49. The average Bonchev–Trinajstić information content (AvgIpc) is 2.63. The van der Waals surface area contributed by atoms with Gasteiger partial charge in [0, 0.05) is 0 Å². The fourth-order valence-electron chi connectivity index (χ4n) is 2.23. The Kier molecular flexibility index (Phi) is 3.39. The zero-order chi connectivity index (χ0) is 13.3. The molecule has 0 aromatic heterocycles. The van der Waals surface area contributed by atoms with Crippen LogP contribution in [0.3, 0.4) is 0 Å². The van der Waals surface area contributed by atoms with Crippen LogP contribution in [0.2, 0.25) is 0 Å². The molecular weight excluding hydrogens is 232 g/mol. The van der Waals surface area contributed by atoms with Gasteiger partial charge in [-0.25, -0.2) is 0 Å². The van der Waals surface area contributed by atoms with E-state index >= 15 is 0 Å². The Morgan fingerprint density at radius 2 is 2.11 bits per heavy atom. The summed E-state index contributed by atoms with van der Waals surface area (Å²) in [5, 5.41) is 10.2. The first-order valence-corrected chi connectivity index (χ1v) is 5.71. The van der Waals surface area contributed by atoms with Gasteiger partial charge in [-0.15, -0.1) is 0 Å². The third-order valence-corrected chi connectivity index (χ3v) is 3.31. The van der Waals surface area contributed by atoms with E-state index in [4.69, 9.17) is 4.74 Å². The molecular formula is C14H16O4. The molecule has 1 N–H and O–H groups in total. The van der Waals surface area contributed by atoms with Gasteiger partial charge in [0.1, 0.15) is 11.9 Å². The molecule has 1 aromatic carbocycles. The molecule has 1 aliphatic carbocycles. The fraction of sp³-hybridized carbons (Fsp3) is 0.357. The molecule has 4 nitrogen and oxygen atoms in total. The molecule has 0 saturated carbocycles. The molecule has 1 aromatic rings. The number of aliphatic hydroxyl groups excluding tert-OH is 1. The standard InChI is InChI=1S/C14H16O4/c1-8-11(7-13(15)18-3)10-5-4-9(17-2)6-12(10)14(8)16/h4-6,14,16H,7H2,1-3H3. The lowest BCUT2D eigenvalue weighted by atomic mass is 10.0. The predicted molar refractivity (Wildman–Crippen MR) is 67.2 cm³/mol. The minimum absolute atomic E-state index is 0.179. The minimum atomic E-state index is -0.672. The van der Waals surface area contributed by atoms with Crippen molar-refractivity contribution < 1.29 is 19.4 Å². The van der Waals surface area contributed by atoms with E-state index in [0.29, 0.717) is 5.75 Å². The summed E-state index contributed by atoms with van der Waals surface area (Å²) < 4.78 is 9.82. The van der Waals surface area contributed by atoms with E-state index < -0.39 is 6.10 Å². The third kappa shape index (κ3) is 1.99. The Hall–Kier alpha value is -1.81. The van der Waals surface area contributed by atoms with Crippen LogP contribution >= 0.6 is 0 Å². The van der Waals surface area contributed by atoms with E-state index in [1.165, 1.54) is 7.11 Å². The molecule has 1 atom stereocenters. The van der Waals surface area contributed by atoms with Crippen LogP contribution in [0, 0.1) is 0 Å². The number of ether oxygens (including phenoxy) is 2. The van der Waals surface area contributed by atoms with Gasteiger partial charge in [-0.3, -0.25) is 4.79 Å². The first kappa shape index (κ1) is 12.6.